The van der Waals surface area contributed by atoms with Gasteiger partial charge in [0.1, 0.15) is 0 Å². The van der Waals surface area contributed by atoms with E-state index in [4.69, 9.17) is 4.52 Å². The summed E-state index contributed by atoms with van der Waals surface area (Å²) in [6.07, 6.45) is 0. The highest BCUT2D eigenvalue weighted by molar-refractivity contribution is 8.13. The van der Waals surface area contributed by atoms with Crippen molar-refractivity contribution in [1.29, 1.82) is 0 Å². The van der Waals surface area contributed by atoms with Crippen LogP contribution >= 0.6 is 19.3 Å². The van der Waals surface area contributed by atoms with Crippen LogP contribution in [0, 0.1) is 0 Å². The summed E-state index contributed by atoms with van der Waals surface area (Å²) >= 11 is 1.18. The van der Waals surface area contributed by atoms with Gasteiger partial charge in [0.2, 0.25) is 0 Å². The second-order valence-corrected chi connectivity index (χ2v) is 6.78. The Morgan fingerprint density at radius 1 is 1.57 bits per heavy atom. The molecular formula is C8H18NO3PS. The largest absolute Gasteiger partial charge is 0.317 e. The van der Waals surface area contributed by atoms with Gasteiger partial charge < -0.3 is 4.52 Å². The van der Waals surface area contributed by atoms with Crippen LogP contribution in [-0.4, -0.2) is 30.2 Å². The molecule has 0 aromatic carbocycles. The van der Waals surface area contributed by atoms with E-state index in [2.05, 4.69) is 5.09 Å². The summed E-state index contributed by atoms with van der Waals surface area (Å²) in [6, 6.07) is 0.131. The maximum Gasteiger partial charge on any atom is 0.267 e. The predicted octanol–water partition coefficient (Wildman–Crippen LogP) is 2.10. The number of hydrogen-bond acceptors (Lipinski definition) is 4. The lowest BCUT2D eigenvalue weighted by Crippen LogP contribution is -2.20. The molecule has 0 bridgehead atoms. The van der Waals surface area contributed by atoms with Crippen molar-refractivity contribution in [1.82, 2.24) is 5.09 Å². The smallest absolute Gasteiger partial charge is 0.267 e. The van der Waals surface area contributed by atoms with Crippen LogP contribution in [0.25, 0.3) is 0 Å². The van der Waals surface area contributed by atoms with Gasteiger partial charge in [0.05, 0.1) is 6.61 Å². The van der Waals surface area contributed by atoms with Crippen LogP contribution in [0.15, 0.2) is 0 Å². The van der Waals surface area contributed by atoms with Crippen molar-refractivity contribution < 1.29 is 13.9 Å². The quantitative estimate of drug-likeness (QED) is 0.568. The fourth-order valence-electron chi connectivity index (χ4n) is 0.903. The minimum Gasteiger partial charge on any atom is -0.317 e. The number of thioether (sulfide) groups is 1. The van der Waals surface area contributed by atoms with Crippen LogP contribution in [-0.2, 0) is 13.9 Å². The van der Waals surface area contributed by atoms with Gasteiger partial charge in [-0.2, -0.15) is 0 Å². The SMILES string of the molecule is CC(=O)SCCOP(C)(=O)NC(C)C. The normalized spacial score (nSPS) is 15.5. The summed E-state index contributed by atoms with van der Waals surface area (Å²) in [7, 11) is -2.68. The van der Waals surface area contributed by atoms with Crippen molar-refractivity contribution in [2.24, 2.45) is 0 Å². The standard InChI is InChI=1S/C8H18NO3PS/c1-7(2)9-13(4,11)12-5-6-14-8(3)10/h7H,5-6H2,1-4H3,(H,9,11). The van der Waals surface area contributed by atoms with E-state index in [0.29, 0.717) is 12.4 Å². The number of carbonyl (C=O) groups is 1. The van der Waals surface area contributed by atoms with E-state index in [9.17, 15) is 9.36 Å². The van der Waals surface area contributed by atoms with Crippen LogP contribution in [0.4, 0.5) is 0 Å². The number of hydrogen-bond donors (Lipinski definition) is 1. The predicted molar refractivity (Wildman–Crippen MR) is 60.9 cm³/mol. The van der Waals surface area contributed by atoms with Crippen molar-refractivity contribution in [3.05, 3.63) is 0 Å². The molecule has 1 atom stereocenters. The highest BCUT2D eigenvalue weighted by atomic mass is 32.2. The third-order valence-electron chi connectivity index (χ3n) is 1.22. The van der Waals surface area contributed by atoms with E-state index in [1.54, 1.807) is 6.66 Å². The molecule has 0 aliphatic heterocycles. The second kappa shape index (κ2) is 6.62. The molecule has 0 fully saturated rings. The fourth-order valence-corrected chi connectivity index (χ4v) is 2.93. The zero-order valence-corrected chi connectivity index (χ0v) is 10.8. The maximum atomic E-state index is 11.6. The van der Waals surface area contributed by atoms with Crippen molar-refractivity contribution >= 4 is 24.4 Å². The average molecular weight is 239 g/mol. The van der Waals surface area contributed by atoms with Gasteiger partial charge in [-0.1, -0.05) is 11.8 Å². The van der Waals surface area contributed by atoms with Gasteiger partial charge in [-0.3, -0.25) is 9.36 Å². The van der Waals surface area contributed by atoms with E-state index < -0.39 is 7.52 Å². The van der Waals surface area contributed by atoms with Gasteiger partial charge in [-0.15, -0.1) is 0 Å². The first kappa shape index (κ1) is 14.2. The van der Waals surface area contributed by atoms with Crippen LogP contribution in [0.3, 0.4) is 0 Å². The van der Waals surface area contributed by atoms with Gasteiger partial charge >= 0.3 is 0 Å². The molecule has 6 heteroatoms. The monoisotopic (exact) mass is 239 g/mol. The zero-order chi connectivity index (χ0) is 11.2. The molecule has 0 heterocycles. The van der Waals surface area contributed by atoms with E-state index in [-0.39, 0.29) is 11.2 Å². The summed E-state index contributed by atoms with van der Waals surface area (Å²) in [4.78, 5) is 10.6. The molecule has 1 unspecified atom stereocenters. The van der Waals surface area contributed by atoms with Crippen molar-refractivity contribution in [3.63, 3.8) is 0 Å². The fraction of sp³-hybridized carbons (Fsp3) is 0.875. The van der Waals surface area contributed by atoms with Crippen molar-refractivity contribution in [2.75, 3.05) is 19.0 Å². The van der Waals surface area contributed by atoms with Gasteiger partial charge in [0.15, 0.2) is 5.12 Å². The van der Waals surface area contributed by atoms with Crippen molar-refractivity contribution in [3.8, 4) is 0 Å². The molecule has 14 heavy (non-hydrogen) atoms. The average Bonchev–Trinajstić information content (AvgIpc) is 1.95. The number of carbonyl (C=O) groups excluding carboxylic acids is 1. The number of nitrogens with one attached hydrogen (secondary N) is 1. The molecule has 0 spiro atoms. The lowest BCUT2D eigenvalue weighted by Gasteiger charge is -2.17. The molecule has 0 rings (SSSR count). The van der Waals surface area contributed by atoms with Gasteiger partial charge in [0.25, 0.3) is 7.52 Å². The van der Waals surface area contributed by atoms with Gasteiger partial charge in [-0.25, -0.2) is 5.09 Å². The molecule has 0 saturated heterocycles. The first-order valence-electron chi connectivity index (χ1n) is 4.46. The van der Waals surface area contributed by atoms with E-state index >= 15 is 0 Å². The zero-order valence-electron chi connectivity index (χ0n) is 9.07. The topological polar surface area (TPSA) is 55.4 Å². The molecule has 0 radical (unpaired) electrons. The van der Waals surface area contributed by atoms with Crippen LogP contribution in [0.2, 0.25) is 0 Å². The first-order valence-corrected chi connectivity index (χ1v) is 7.52. The molecule has 0 aliphatic carbocycles. The Bertz CT molecular complexity index is 233. The molecule has 0 aromatic heterocycles. The molecular weight excluding hydrogens is 221 g/mol. The molecule has 1 N–H and O–H groups in total. The van der Waals surface area contributed by atoms with E-state index in [1.807, 2.05) is 13.8 Å². The Labute approximate surface area is 89.7 Å². The number of rotatable bonds is 6. The Morgan fingerprint density at radius 3 is 2.57 bits per heavy atom. The van der Waals surface area contributed by atoms with Gasteiger partial charge in [-0.05, 0) is 13.8 Å². The third-order valence-corrected chi connectivity index (χ3v) is 3.66. The van der Waals surface area contributed by atoms with E-state index in [0.717, 1.165) is 0 Å². The lowest BCUT2D eigenvalue weighted by atomic mass is 10.4. The summed E-state index contributed by atoms with van der Waals surface area (Å²) < 4.78 is 16.8. The van der Waals surface area contributed by atoms with Crippen molar-refractivity contribution in [2.45, 2.75) is 26.8 Å². The Hall–Kier alpha value is 0.170. The highest BCUT2D eigenvalue weighted by Crippen LogP contribution is 2.37. The van der Waals surface area contributed by atoms with Crippen LogP contribution in [0.1, 0.15) is 20.8 Å². The summed E-state index contributed by atoms with van der Waals surface area (Å²) in [5, 5.41) is 2.90. The second-order valence-electron chi connectivity index (χ2n) is 3.30. The van der Waals surface area contributed by atoms with E-state index in [1.165, 1.54) is 18.7 Å². The Balaban J connectivity index is 3.66. The third kappa shape index (κ3) is 8.75. The summed E-state index contributed by atoms with van der Waals surface area (Å²) in [5.41, 5.74) is 0. The van der Waals surface area contributed by atoms with Crippen LogP contribution < -0.4 is 5.09 Å². The minimum absolute atomic E-state index is 0.0522. The molecule has 84 valence electrons. The lowest BCUT2D eigenvalue weighted by molar-refractivity contribution is -0.109. The minimum atomic E-state index is -2.68. The molecule has 0 amide bonds. The Morgan fingerprint density at radius 2 is 2.14 bits per heavy atom. The molecule has 0 aliphatic rings. The maximum absolute atomic E-state index is 11.6. The summed E-state index contributed by atoms with van der Waals surface area (Å²) in [6.45, 7) is 7.19. The molecule has 0 aromatic rings. The van der Waals surface area contributed by atoms with Gasteiger partial charge in [0, 0.05) is 25.4 Å². The summed E-state index contributed by atoms with van der Waals surface area (Å²) in [5.74, 6) is 0.549. The molecule has 0 saturated carbocycles. The highest BCUT2D eigenvalue weighted by Gasteiger charge is 2.16. The first-order chi connectivity index (χ1) is 6.33. The molecule has 4 nitrogen and oxygen atoms in total. The Kier molecular flexibility index (Phi) is 6.70. The van der Waals surface area contributed by atoms with Crippen LogP contribution in [0.5, 0.6) is 0 Å².